The number of aromatic nitrogens is 4. The van der Waals surface area contributed by atoms with Crippen molar-refractivity contribution in [1.82, 2.24) is 25.0 Å². The van der Waals surface area contributed by atoms with Crippen LogP contribution in [0.5, 0.6) is 0 Å². The fraction of sp³-hybridized carbons (Fsp3) is 0.750. The number of rotatable bonds is 6. The van der Waals surface area contributed by atoms with Crippen LogP contribution in [0.1, 0.15) is 81.9 Å². The van der Waals surface area contributed by atoms with E-state index in [1.807, 2.05) is 12.4 Å². The van der Waals surface area contributed by atoms with Crippen molar-refractivity contribution < 1.29 is 9.26 Å². The van der Waals surface area contributed by atoms with Crippen LogP contribution in [-0.2, 0) is 17.7 Å². The molecule has 4 rings (SSSR count). The minimum Gasteiger partial charge on any atom is -0.369 e. The van der Waals surface area contributed by atoms with E-state index in [0.29, 0.717) is 18.0 Å². The summed E-state index contributed by atoms with van der Waals surface area (Å²) < 4.78 is 13.8. The first-order valence-electron chi connectivity index (χ1n) is 10.5. The Bertz CT molecular complexity index is 720. The van der Waals surface area contributed by atoms with Gasteiger partial charge in [0.2, 0.25) is 5.89 Å². The van der Waals surface area contributed by atoms with Gasteiger partial charge in [-0.25, -0.2) is 4.98 Å². The first kappa shape index (κ1) is 18.6. The van der Waals surface area contributed by atoms with E-state index in [-0.39, 0.29) is 6.10 Å². The van der Waals surface area contributed by atoms with Gasteiger partial charge in [-0.2, -0.15) is 4.98 Å². The van der Waals surface area contributed by atoms with Crippen LogP contribution in [0.25, 0.3) is 0 Å². The molecule has 148 valence electrons. The SMILES string of the molecule is CCc1noc(C2CCC(N[C@H]3CCCO[C@@H]3c3nccn3CC)CC2)n1. The van der Waals surface area contributed by atoms with E-state index in [2.05, 4.69) is 38.9 Å². The number of imidazole rings is 1. The molecular formula is C20H31N5O2. The summed E-state index contributed by atoms with van der Waals surface area (Å²) in [5.74, 6) is 3.11. The number of aryl methyl sites for hydroxylation is 2. The Morgan fingerprint density at radius 1 is 1.19 bits per heavy atom. The lowest BCUT2D eigenvalue weighted by atomic mass is 9.85. The van der Waals surface area contributed by atoms with Crippen molar-refractivity contribution in [2.24, 2.45) is 0 Å². The summed E-state index contributed by atoms with van der Waals surface area (Å²) in [5.41, 5.74) is 0. The van der Waals surface area contributed by atoms with Gasteiger partial charge in [0.1, 0.15) is 11.9 Å². The highest BCUT2D eigenvalue weighted by molar-refractivity contribution is 5.04. The Morgan fingerprint density at radius 2 is 2.04 bits per heavy atom. The van der Waals surface area contributed by atoms with Crippen LogP contribution in [0, 0.1) is 0 Å². The van der Waals surface area contributed by atoms with Crippen LogP contribution in [0.2, 0.25) is 0 Å². The molecule has 27 heavy (non-hydrogen) atoms. The summed E-state index contributed by atoms with van der Waals surface area (Å²) >= 11 is 0. The Morgan fingerprint density at radius 3 is 2.78 bits per heavy atom. The molecule has 2 aromatic rings. The van der Waals surface area contributed by atoms with Gasteiger partial charge in [0.05, 0.1) is 0 Å². The maximum Gasteiger partial charge on any atom is 0.229 e. The third-order valence-corrected chi connectivity index (χ3v) is 5.99. The first-order valence-corrected chi connectivity index (χ1v) is 10.5. The monoisotopic (exact) mass is 373 g/mol. The Labute approximate surface area is 160 Å². The van der Waals surface area contributed by atoms with Gasteiger partial charge in [-0.1, -0.05) is 12.1 Å². The molecule has 7 heteroatoms. The molecule has 0 unspecified atom stereocenters. The second-order valence-corrected chi connectivity index (χ2v) is 7.73. The molecule has 2 fully saturated rings. The van der Waals surface area contributed by atoms with Crippen LogP contribution in [0.15, 0.2) is 16.9 Å². The zero-order valence-electron chi connectivity index (χ0n) is 16.4. The van der Waals surface area contributed by atoms with Crippen LogP contribution < -0.4 is 5.32 Å². The predicted molar refractivity (Wildman–Crippen MR) is 101 cm³/mol. The number of hydrogen-bond acceptors (Lipinski definition) is 6. The number of hydrogen-bond donors (Lipinski definition) is 1. The average molecular weight is 374 g/mol. The van der Waals surface area contributed by atoms with E-state index in [1.165, 1.54) is 0 Å². The van der Waals surface area contributed by atoms with Crippen molar-refractivity contribution >= 4 is 0 Å². The Kier molecular flexibility index (Phi) is 5.88. The predicted octanol–water partition coefficient (Wildman–Crippen LogP) is 3.38. The third kappa shape index (κ3) is 4.09. The lowest BCUT2D eigenvalue weighted by Crippen LogP contribution is -2.46. The van der Waals surface area contributed by atoms with Crippen LogP contribution >= 0.6 is 0 Å². The summed E-state index contributed by atoms with van der Waals surface area (Å²) in [6, 6.07) is 0.858. The van der Waals surface area contributed by atoms with Gasteiger partial charge in [0.15, 0.2) is 5.82 Å². The first-order chi connectivity index (χ1) is 13.3. The van der Waals surface area contributed by atoms with E-state index in [0.717, 1.165) is 75.6 Å². The minimum atomic E-state index is 0.0504. The minimum absolute atomic E-state index is 0.0504. The van der Waals surface area contributed by atoms with Gasteiger partial charge in [0.25, 0.3) is 0 Å². The van der Waals surface area contributed by atoms with Crippen molar-refractivity contribution in [3.63, 3.8) is 0 Å². The number of nitrogens with zero attached hydrogens (tertiary/aromatic N) is 4. The molecule has 1 aliphatic heterocycles. The third-order valence-electron chi connectivity index (χ3n) is 5.99. The van der Waals surface area contributed by atoms with Crippen LogP contribution in [0.4, 0.5) is 0 Å². The maximum absolute atomic E-state index is 6.15. The molecule has 2 aliphatic rings. The topological polar surface area (TPSA) is 78.0 Å². The van der Waals surface area contributed by atoms with Crippen molar-refractivity contribution in [1.29, 1.82) is 0 Å². The summed E-state index contributed by atoms with van der Waals surface area (Å²) in [4.78, 5) is 9.12. The Balaban J connectivity index is 1.35. The second kappa shape index (κ2) is 8.52. The lowest BCUT2D eigenvalue weighted by Gasteiger charge is -2.37. The van der Waals surface area contributed by atoms with Crippen molar-refractivity contribution in [2.75, 3.05) is 6.61 Å². The largest absolute Gasteiger partial charge is 0.369 e. The summed E-state index contributed by atoms with van der Waals surface area (Å²) in [5, 5.41) is 7.94. The van der Waals surface area contributed by atoms with Crippen LogP contribution in [0.3, 0.4) is 0 Å². The summed E-state index contributed by atoms with van der Waals surface area (Å²) in [6.45, 7) is 5.96. The zero-order chi connectivity index (χ0) is 18.6. The molecule has 0 spiro atoms. The fourth-order valence-electron chi connectivity index (χ4n) is 4.44. The molecule has 3 heterocycles. The number of ether oxygens (including phenoxy) is 1. The fourth-order valence-corrected chi connectivity index (χ4v) is 4.44. The van der Waals surface area contributed by atoms with E-state index in [4.69, 9.17) is 9.26 Å². The highest BCUT2D eigenvalue weighted by Gasteiger charge is 2.34. The quantitative estimate of drug-likeness (QED) is 0.836. The van der Waals surface area contributed by atoms with Gasteiger partial charge in [-0.05, 0) is 45.4 Å². The highest BCUT2D eigenvalue weighted by Crippen LogP contribution is 2.34. The van der Waals surface area contributed by atoms with Crippen molar-refractivity contribution in [3.8, 4) is 0 Å². The van der Waals surface area contributed by atoms with E-state index in [9.17, 15) is 0 Å². The molecule has 7 nitrogen and oxygen atoms in total. The summed E-state index contributed by atoms with van der Waals surface area (Å²) in [7, 11) is 0. The van der Waals surface area contributed by atoms with Gasteiger partial charge >= 0.3 is 0 Å². The van der Waals surface area contributed by atoms with Gasteiger partial charge in [-0.3, -0.25) is 0 Å². The molecule has 1 N–H and O–H groups in total. The molecule has 0 amide bonds. The average Bonchev–Trinajstić information content (AvgIpc) is 3.38. The maximum atomic E-state index is 6.15. The molecule has 0 aromatic carbocycles. The van der Waals surface area contributed by atoms with E-state index >= 15 is 0 Å². The molecule has 1 saturated carbocycles. The zero-order valence-corrected chi connectivity index (χ0v) is 16.4. The molecular weight excluding hydrogens is 342 g/mol. The summed E-state index contributed by atoms with van der Waals surface area (Å²) in [6.07, 6.45) is 11.5. The Hall–Kier alpha value is -1.73. The molecule has 2 aromatic heterocycles. The molecule has 2 atom stereocenters. The van der Waals surface area contributed by atoms with E-state index in [1.54, 1.807) is 0 Å². The smallest absolute Gasteiger partial charge is 0.229 e. The number of nitrogens with one attached hydrogen (secondary N) is 1. The van der Waals surface area contributed by atoms with Gasteiger partial charge < -0.3 is 19.1 Å². The second-order valence-electron chi connectivity index (χ2n) is 7.73. The molecule has 0 bridgehead atoms. The van der Waals surface area contributed by atoms with Crippen molar-refractivity contribution in [2.45, 2.75) is 89.4 Å². The van der Waals surface area contributed by atoms with Crippen LogP contribution in [-0.4, -0.2) is 38.4 Å². The van der Waals surface area contributed by atoms with Gasteiger partial charge in [-0.15, -0.1) is 0 Å². The van der Waals surface area contributed by atoms with Gasteiger partial charge in [0, 0.05) is 50.0 Å². The van der Waals surface area contributed by atoms with Crippen molar-refractivity contribution in [3.05, 3.63) is 29.9 Å². The highest BCUT2D eigenvalue weighted by atomic mass is 16.5. The molecule has 1 saturated heterocycles. The molecule has 1 aliphatic carbocycles. The molecule has 0 radical (unpaired) electrons. The lowest BCUT2D eigenvalue weighted by molar-refractivity contribution is -0.0222. The van der Waals surface area contributed by atoms with E-state index < -0.39 is 0 Å². The standard InChI is InChI=1S/C20H31N5O2/c1-3-17-23-20(27-24-17)14-7-9-15(10-8-14)22-16-6-5-13-26-18(16)19-21-11-12-25(19)4-2/h11-12,14-16,18,22H,3-10,13H2,1-2H3/t14?,15?,16-,18-/m0/s1. The normalized spacial score (nSPS) is 29.1.